The molecule has 0 bridgehead atoms. The van der Waals surface area contributed by atoms with Crippen molar-refractivity contribution in [2.45, 2.75) is 19.3 Å². The minimum Gasteiger partial charge on any atom is -0.447 e. The second-order valence-corrected chi connectivity index (χ2v) is 7.86. The van der Waals surface area contributed by atoms with Crippen LogP contribution in [0.2, 0.25) is 0 Å². The summed E-state index contributed by atoms with van der Waals surface area (Å²) in [7, 11) is 0. The lowest BCUT2D eigenvalue weighted by atomic mass is 10.1. The number of carbonyl (C=O) groups is 2. The van der Waals surface area contributed by atoms with Gasteiger partial charge < -0.3 is 9.64 Å². The molecule has 2 heterocycles. The summed E-state index contributed by atoms with van der Waals surface area (Å²) >= 11 is 0. The molecule has 1 aromatic heterocycles. The Morgan fingerprint density at radius 3 is 2.79 bits per heavy atom. The van der Waals surface area contributed by atoms with E-state index < -0.39 is 6.09 Å². The number of rotatable bonds is 7. The fourth-order valence-electron chi connectivity index (χ4n) is 3.73. The van der Waals surface area contributed by atoms with E-state index in [1.807, 2.05) is 6.07 Å². The SMILES string of the molecule is N#Cc1cccc(-n2ccc(=O)c(Cc3cccc(NC(=O)OCCN4CCCC4=O)c3)n2)c1. The van der Waals surface area contributed by atoms with Crippen LogP contribution in [0.25, 0.3) is 5.69 Å². The molecular formula is C25H23N5O4. The van der Waals surface area contributed by atoms with Gasteiger partial charge in [0.2, 0.25) is 11.3 Å². The van der Waals surface area contributed by atoms with Gasteiger partial charge in [-0.05, 0) is 42.3 Å². The van der Waals surface area contributed by atoms with Gasteiger partial charge in [0, 0.05) is 37.3 Å². The predicted molar refractivity (Wildman–Crippen MR) is 125 cm³/mol. The fraction of sp³-hybridized carbons (Fsp3) is 0.240. The summed E-state index contributed by atoms with van der Waals surface area (Å²) in [5.74, 6) is 0.0862. The van der Waals surface area contributed by atoms with Gasteiger partial charge in [-0.3, -0.25) is 14.9 Å². The predicted octanol–water partition coefficient (Wildman–Crippen LogP) is 2.87. The number of nitrogens with one attached hydrogen (secondary N) is 1. The van der Waals surface area contributed by atoms with Crippen molar-refractivity contribution < 1.29 is 14.3 Å². The van der Waals surface area contributed by atoms with Crippen LogP contribution in [0.1, 0.15) is 29.7 Å². The molecule has 0 unspecified atom stereocenters. The number of nitriles is 1. The first kappa shape index (κ1) is 22.7. The number of nitrogens with zero attached hydrogens (tertiary/aromatic N) is 4. The molecule has 0 aliphatic carbocycles. The van der Waals surface area contributed by atoms with E-state index >= 15 is 0 Å². The minimum absolute atomic E-state index is 0.0862. The van der Waals surface area contributed by atoms with E-state index in [4.69, 9.17) is 10.00 Å². The van der Waals surface area contributed by atoms with Crippen LogP contribution in [0.5, 0.6) is 0 Å². The monoisotopic (exact) mass is 457 g/mol. The molecule has 1 saturated heterocycles. The first-order valence-corrected chi connectivity index (χ1v) is 10.9. The normalized spacial score (nSPS) is 12.9. The quantitative estimate of drug-likeness (QED) is 0.583. The molecule has 4 rings (SSSR count). The number of carbonyl (C=O) groups excluding carboxylic acids is 2. The van der Waals surface area contributed by atoms with Crippen molar-refractivity contribution in [1.29, 1.82) is 5.26 Å². The molecule has 2 amide bonds. The number of hydrogen-bond acceptors (Lipinski definition) is 6. The molecule has 1 N–H and O–H groups in total. The second kappa shape index (κ2) is 10.4. The molecule has 3 aromatic rings. The zero-order valence-corrected chi connectivity index (χ0v) is 18.4. The van der Waals surface area contributed by atoms with Crippen molar-refractivity contribution in [3.63, 3.8) is 0 Å². The van der Waals surface area contributed by atoms with Crippen LogP contribution in [0.3, 0.4) is 0 Å². The molecule has 9 heteroatoms. The molecule has 9 nitrogen and oxygen atoms in total. The molecule has 0 atom stereocenters. The van der Waals surface area contributed by atoms with Gasteiger partial charge in [0.25, 0.3) is 0 Å². The standard InChI is InChI=1S/C25H23N5O4/c26-17-19-5-2-7-21(15-19)30-11-9-23(31)22(28-30)16-18-4-1-6-20(14-18)27-25(33)34-13-12-29-10-3-8-24(29)32/h1-2,4-7,9,11,14-15H,3,8,10,12-13,16H2,(H,27,33). The second-order valence-electron chi connectivity index (χ2n) is 7.86. The summed E-state index contributed by atoms with van der Waals surface area (Å²) in [6, 6.07) is 17.5. The number of anilines is 1. The van der Waals surface area contributed by atoms with Crippen LogP contribution in [-0.2, 0) is 16.0 Å². The van der Waals surface area contributed by atoms with Gasteiger partial charge in [0.1, 0.15) is 12.3 Å². The van der Waals surface area contributed by atoms with Crippen molar-refractivity contribution in [2.75, 3.05) is 25.0 Å². The number of likely N-dealkylation sites (tertiary alicyclic amines) is 1. The lowest BCUT2D eigenvalue weighted by Gasteiger charge is -2.15. The minimum atomic E-state index is -0.610. The number of benzene rings is 2. The van der Waals surface area contributed by atoms with Crippen molar-refractivity contribution in [2.24, 2.45) is 0 Å². The average molecular weight is 457 g/mol. The maximum Gasteiger partial charge on any atom is 0.411 e. The number of amides is 2. The van der Waals surface area contributed by atoms with Gasteiger partial charge in [-0.15, -0.1) is 0 Å². The highest BCUT2D eigenvalue weighted by Gasteiger charge is 2.19. The smallest absolute Gasteiger partial charge is 0.411 e. The Morgan fingerprint density at radius 2 is 2.00 bits per heavy atom. The van der Waals surface area contributed by atoms with Gasteiger partial charge in [0.15, 0.2) is 0 Å². The number of ether oxygens (including phenoxy) is 1. The van der Waals surface area contributed by atoms with Gasteiger partial charge in [0.05, 0.1) is 23.9 Å². The highest BCUT2D eigenvalue weighted by molar-refractivity contribution is 5.84. The Labute approximate surface area is 196 Å². The molecule has 1 aliphatic heterocycles. The van der Waals surface area contributed by atoms with Crippen LogP contribution in [0.4, 0.5) is 10.5 Å². The van der Waals surface area contributed by atoms with E-state index in [2.05, 4.69) is 16.5 Å². The Bertz CT molecular complexity index is 1310. The summed E-state index contributed by atoms with van der Waals surface area (Å²) in [6.45, 7) is 1.21. The van der Waals surface area contributed by atoms with E-state index in [1.54, 1.807) is 58.2 Å². The van der Waals surface area contributed by atoms with Gasteiger partial charge in [-0.1, -0.05) is 18.2 Å². The Kier molecular flexibility index (Phi) is 6.98. The molecule has 34 heavy (non-hydrogen) atoms. The van der Waals surface area contributed by atoms with Gasteiger partial charge in [-0.2, -0.15) is 10.4 Å². The highest BCUT2D eigenvalue weighted by Crippen LogP contribution is 2.14. The van der Waals surface area contributed by atoms with E-state index in [0.29, 0.717) is 42.1 Å². The van der Waals surface area contributed by atoms with E-state index in [1.165, 1.54) is 6.07 Å². The molecule has 1 aliphatic rings. The fourth-order valence-corrected chi connectivity index (χ4v) is 3.73. The Hall–Kier alpha value is -4.45. The third kappa shape index (κ3) is 5.66. The maximum atomic E-state index is 12.4. The van der Waals surface area contributed by atoms with Crippen LogP contribution in [-0.4, -0.2) is 46.4 Å². The number of hydrogen-bond donors (Lipinski definition) is 1. The summed E-state index contributed by atoms with van der Waals surface area (Å²) in [6.07, 6.45) is 2.60. The van der Waals surface area contributed by atoms with Crippen molar-refractivity contribution in [3.05, 3.63) is 87.8 Å². The van der Waals surface area contributed by atoms with Crippen LogP contribution < -0.4 is 10.7 Å². The highest BCUT2D eigenvalue weighted by atomic mass is 16.5. The average Bonchev–Trinajstić information content (AvgIpc) is 3.25. The van der Waals surface area contributed by atoms with E-state index in [9.17, 15) is 14.4 Å². The van der Waals surface area contributed by atoms with Crippen molar-refractivity contribution in [1.82, 2.24) is 14.7 Å². The summed E-state index contributed by atoms with van der Waals surface area (Å²) in [5, 5.41) is 16.2. The van der Waals surface area contributed by atoms with Gasteiger partial charge in [-0.25, -0.2) is 9.48 Å². The Balaban J connectivity index is 1.40. The zero-order valence-electron chi connectivity index (χ0n) is 18.4. The summed E-state index contributed by atoms with van der Waals surface area (Å²) in [5.41, 5.74) is 2.61. The lowest BCUT2D eigenvalue weighted by molar-refractivity contribution is -0.128. The molecule has 0 saturated carbocycles. The summed E-state index contributed by atoms with van der Waals surface area (Å²) in [4.78, 5) is 37.8. The topological polar surface area (TPSA) is 117 Å². The molecule has 1 fully saturated rings. The van der Waals surface area contributed by atoms with Crippen LogP contribution >= 0.6 is 0 Å². The van der Waals surface area contributed by atoms with E-state index in [-0.39, 0.29) is 24.4 Å². The van der Waals surface area contributed by atoms with E-state index in [0.717, 1.165) is 12.0 Å². The molecule has 2 aromatic carbocycles. The third-order valence-electron chi connectivity index (χ3n) is 5.43. The third-order valence-corrected chi connectivity index (χ3v) is 5.43. The molecule has 0 radical (unpaired) electrons. The molecular weight excluding hydrogens is 434 g/mol. The maximum absolute atomic E-state index is 12.4. The summed E-state index contributed by atoms with van der Waals surface area (Å²) < 4.78 is 6.74. The molecule has 0 spiro atoms. The largest absolute Gasteiger partial charge is 0.447 e. The van der Waals surface area contributed by atoms with Crippen LogP contribution in [0.15, 0.2) is 65.6 Å². The lowest BCUT2D eigenvalue weighted by Crippen LogP contribution is -2.30. The Morgan fingerprint density at radius 1 is 1.15 bits per heavy atom. The van der Waals surface area contributed by atoms with Crippen molar-refractivity contribution in [3.8, 4) is 11.8 Å². The number of aromatic nitrogens is 2. The first-order valence-electron chi connectivity index (χ1n) is 10.9. The van der Waals surface area contributed by atoms with Crippen LogP contribution in [0, 0.1) is 11.3 Å². The van der Waals surface area contributed by atoms with Crippen molar-refractivity contribution >= 4 is 17.7 Å². The first-order chi connectivity index (χ1) is 16.5. The zero-order chi connectivity index (χ0) is 23.9. The van der Waals surface area contributed by atoms with Gasteiger partial charge >= 0.3 is 6.09 Å². The molecule has 172 valence electrons.